The van der Waals surface area contributed by atoms with Gasteiger partial charge < -0.3 is 5.32 Å². The molecule has 0 atom stereocenters. The standard InChI is InChI=1S/C20H23N5OS/c26-20(18-13-25(24-23-18)17-9-5-2-6-10-17)21-12-16-14-27-19(22-16)11-15-7-3-1-4-8-15/h1,3-4,7-8,13-14,17H,2,5-6,9-12H2,(H,21,26). The molecule has 0 bridgehead atoms. The molecule has 0 saturated heterocycles. The highest BCUT2D eigenvalue weighted by Crippen LogP contribution is 2.27. The summed E-state index contributed by atoms with van der Waals surface area (Å²) >= 11 is 1.62. The van der Waals surface area contributed by atoms with E-state index in [4.69, 9.17) is 0 Å². The first kappa shape index (κ1) is 17.9. The average Bonchev–Trinajstić information content (AvgIpc) is 3.37. The lowest BCUT2D eigenvalue weighted by Gasteiger charge is -2.20. The van der Waals surface area contributed by atoms with E-state index in [1.165, 1.54) is 24.8 Å². The lowest BCUT2D eigenvalue weighted by atomic mass is 9.96. The van der Waals surface area contributed by atoms with Crippen molar-refractivity contribution in [1.82, 2.24) is 25.3 Å². The second-order valence-electron chi connectivity index (χ2n) is 6.95. The Morgan fingerprint density at radius 1 is 1.19 bits per heavy atom. The minimum absolute atomic E-state index is 0.199. The van der Waals surface area contributed by atoms with Crippen molar-refractivity contribution in [2.45, 2.75) is 51.1 Å². The van der Waals surface area contributed by atoms with E-state index in [1.807, 2.05) is 28.3 Å². The minimum Gasteiger partial charge on any atom is -0.345 e. The van der Waals surface area contributed by atoms with Gasteiger partial charge in [0.2, 0.25) is 0 Å². The quantitative estimate of drug-likeness (QED) is 0.706. The van der Waals surface area contributed by atoms with Gasteiger partial charge in [-0.1, -0.05) is 54.8 Å². The molecule has 1 amide bonds. The molecule has 2 aromatic heterocycles. The first-order valence-corrected chi connectivity index (χ1v) is 10.3. The normalized spacial score (nSPS) is 15.0. The number of aromatic nitrogens is 4. The Labute approximate surface area is 162 Å². The van der Waals surface area contributed by atoms with E-state index in [-0.39, 0.29) is 5.91 Å². The van der Waals surface area contributed by atoms with Gasteiger partial charge >= 0.3 is 0 Å². The van der Waals surface area contributed by atoms with Crippen molar-refractivity contribution in [3.05, 3.63) is 63.9 Å². The van der Waals surface area contributed by atoms with Crippen LogP contribution in [0.25, 0.3) is 0 Å². The molecule has 2 heterocycles. The van der Waals surface area contributed by atoms with E-state index in [1.54, 1.807) is 17.5 Å². The van der Waals surface area contributed by atoms with Gasteiger partial charge in [-0.3, -0.25) is 4.79 Å². The molecular weight excluding hydrogens is 358 g/mol. The van der Waals surface area contributed by atoms with Crippen LogP contribution in [-0.2, 0) is 13.0 Å². The highest BCUT2D eigenvalue weighted by molar-refractivity contribution is 7.09. The monoisotopic (exact) mass is 381 g/mol. The van der Waals surface area contributed by atoms with Gasteiger partial charge in [0, 0.05) is 11.8 Å². The van der Waals surface area contributed by atoms with Crippen LogP contribution in [0.1, 0.15) is 64.9 Å². The molecule has 7 heteroatoms. The van der Waals surface area contributed by atoms with E-state index in [0.717, 1.165) is 30.0 Å². The Morgan fingerprint density at radius 3 is 2.81 bits per heavy atom. The van der Waals surface area contributed by atoms with E-state index in [0.29, 0.717) is 18.3 Å². The summed E-state index contributed by atoms with van der Waals surface area (Å²) in [5.41, 5.74) is 2.49. The predicted molar refractivity (Wildman–Crippen MR) is 105 cm³/mol. The SMILES string of the molecule is O=C(NCc1csc(Cc2ccccc2)n1)c1cn(C2CCCCC2)nn1. The van der Waals surface area contributed by atoms with Crippen LogP contribution in [0, 0.1) is 0 Å². The maximum Gasteiger partial charge on any atom is 0.273 e. The molecule has 0 aliphatic heterocycles. The largest absolute Gasteiger partial charge is 0.345 e. The maximum atomic E-state index is 12.4. The number of carbonyl (C=O) groups is 1. The van der Waals surface area contributed by atoms with Crippen LogP contribution in [0.5, 0.6) is 0 Å². The van der Waals surface area contributed by atoms with Crippen molar-refractivity contribution in [2.24, 2.45) is 0 Å². The molecule has 6 nitrogen and oxygen atoms in total. The van der Waals surface area contributed by atoms with Crippen LogP contribution < -0.4 is 5.32 Å². The second-order valence-corrected chi connectivity index (χ2v) is 7.90. The number of benzene rings is 1. The summed E-state index contributed by atoms with van der Waals surface area (Å²) in [6.45, 7) is 0.403. The Hall–Kier alpha value is -2.54. The zero-order valence-electron chi connectivity index (χ0n) is 15.2. The summed E-state index contributed by atoms with van der Waals surface area (Å²) in [7, 11) is 0. The smallest absolute Gasteiger partial charge is 0.273 e. The van der Waals surface area contributed by atoms with Crippen molar-refractivity contribution in [1.29, 1.82) is 0 Å². The third kappa shape index (κ3) is 4.60. The van der Waals surface area contributed by atoms with Crippen molar-refractivity contribution in [3.8, 4) is 0 Å². The highest BCUT2D eigenvalue weighted by Gasteiger charge is 2.19. The third-order valence-corrected chi connectivity index (χ3v) is 5.82. The molecule has 140 valence electrons. The van der Waals surface area contributed by atoms with Crippen LogP contribution in [0.15, 0.2) is 41.9 Å². The Bertz CT molecular complexity index is 883. The molecule has 1 aliphatic carbocycles. The van der Waals surface area contributed by atoms with Crippen LogP contribution in [-0.4, -0.2) is 25.9 Å². The van der Waals surface area contributed by atoms with E-state index in [2.05, 4.69) is 32.7 Å². The lowest BCUT2D eigenvalue weighted by Crippen LogP contribution is -2.23. The predicted octanol–water partition coefficient (Wildman–Crippen LogP) is 3.76. The molecule has 0 spiro atoms. The number of amides is 1. The Balaban J connectivity index is 1.31. The fraction of sp³-hybridized carbons (Fsp3) is 0.400. The zero-order valence-corrected chi connectivity index (χ0v) is 16.0. The second kappa shape index (κ2) is 8.43. The van der Waals surface area contributed by atoms with Gasteiger partial charge in [-0.2, -0.15) is 0 Å². The minimum atomic E-state index is -0.199. The van der Waals surface area contributed by atoms with E-state index >= 15 is 0 Å². The fourth-order valence-corrected chi connectivity index (χ4v) is 4.28. The van der Waals surface area contributed by atoms with Gasteiger partial charge in [0.25, 0.3) is 5.91 Å². The molecule has 3 aromatic rings. The third-order valence-electron chi connectivity index (χ3n) is 4.92. The Morgan fingerprint density at radius 2 is 2.00 bits per heavy atom. The van der Waals surface area contributed by atoms with Crippen molar-refractivity contribution >= 4 is 17.2 Å². The van der Waals surface area contributed by atoms with Gasteiger partial charge in [-0.05, 0) is 18.4 Å². The van der Waals surface area contributed by atoms with Crippen molar-refractivity contribution < 1.29 is 4.79 Å². The molecule has 1 saturated carbocycles. The molecule has 0 unspecified atom stereocenters. The van der Waals surface area contributed by atoms with Crippen LogP contribution in [0.2, 0.25) is 0 Å². The first-order valence-electron chi connectivity index (χ1n) is 9.45. The van der Waals surface area contributed by atoms with Crippen molar-refractivity contribution in [3.63, 3.8) is 0 Å². The van der Waals surface area contributed by atoms with Gasteiger partial charge in [0.15, 0.2) is 5.69 Å². The Kier molecular flexibility index (Phi) is 5.58. The number of hydrogen-bond donors (Lipinski definition) is 1. The number of carbonyl (C=O) groups excluding carboxylic acids is 1. The van der Waals surface area contributed by atoms with Crippen LogP contribution in [0.4, 0.5) is 0 Å². The number of nitrogens with one attached hydrogen (secondary N) is 1. The highest BCUT2D eigenvalue weighted by atomic mass is 32.1. The molecule has 1 N–H and O–H groups in total. The molecular formula is C20H23N5OS. The topological polar surface area (TPSA) is 72.7 Å². The summed E-state index contributed by atoms with van der Waals surface area (Å²) in [6, 6.07) is 10.6. The fourth-order valence-electron chi connectivity index (χ4n) is 3.45. The molecule has 0 radical (unpaired) electrons. The summed E-state index contributed by atoms with van der Waals surface area (Å²) < 4.78 is 1.86. The maximum absolute atomic E-state index is 12.4. The number of thiazole rings is 1. The number of nitrogens with zero attached hydrogens (tertiary/aromatic N) is 4. The average molecular weight is 382 g/mol. The van der Waals surface area contributed by atoms with Gasteiger partial charge in [0.1, 0.15) is 0 Å². The molecule has 1 aliphatic rings. The summed E-state index contributed by atoms with van der Waals surface area (Å²) in [5, 5.41) is 14.2. The number of rotatable bonds is 6. The summed E-state index contributed by atoms with van der Waals surface area (Å²) in [5.74, 6) is -0.199. The first-order chi connectivity index (χ1) is 13.3. The van der Waals surface area contributed by atoms with Gasteiger partial charge in [-0.15, -0.1) is 16.4 Å². The summed E-state index contributed by atoms with van der Waals surface area (Å²) in [4.78, 5) is 17.0. The molecule has 4 rings (SSSR count). The van der Waals surface area contributed by atoms with Gasteiger partial charge in [-0.25, -0.2) is 9.67 Å². The van der Waals surface area contributed by atoms with Crippen LogP contribution in [0.3, 0.4) is 0 Å². The lowest BCUT2D eigenvalue weighted by molar-refractivity contribution is 0.0945. The van der Waals surface area contributed by atoms with E-state index < -0.39 is 0 Å². The van der Waals surface area contributed by atoms with Gasteiger partial charge in [0.05, 0.1) is 29.5 Å². The zero-order chi connectivity index (χ0) is 18.5. The van der Waals surface area contributed by atoms with Crippen LogP contribution >= 0.6 is 11.3 Å². The van der Waals surface area contributed by atoms with Crippen molar-refractivity contribution in [2.75, 3.05) is 0 Å². The molecule has 1 fully saturated rings. The van der Waals surface area contributed by atoms with E-state index in [9.17, 15) is 4.79 Å². The number of hydrogen-bond acceptors (Lipinski definition) is 5. The molecule has 27 heavy (non-hydrogen) atoms. The summed E-state index contributed by atoms with van der Waals surface area (Å²) in [6.07, 6.45) is 8.56. The molecule has 1 aromatic carbocycles.